The van der Waals surface area contributed by atoms with Crippen molar-refractivity contribution in [1.82, 2.24) is 30.0 Å². The fraction of sp³-hybridized carbons (Fsp3) is 0.579. The molecule has 146 valence electrons. The second kappa shape index (κ2) is 9.45. The smallest absolute Gasteiger partial charge is 0.244 e. The number of methoxy groups -OCH3 is 1. The highest BCUT2D eigenvalue weighted by atomic mass is 16.5. The van der Waals surface area contributed by atoms with Gasteiger partial charge in [0.2, 0.25) is 5.91 Å². The van der Waals surface area contributed by atoms with Crippen molar-refractivity contribution in [2.75, 3.05) is 40.3 Å². The highest BCUT2D eigenvalue weighted by Crippen LogP contribution is 2.21. The SMILES string of the molecule is COc1ccccc1CCN1CCC[C@@H](CN(C)C(=O)Cn2cnnn2)C1. The number of para-hydroxylation sites is 1. The number of amides is 1. The maximum atomic E-state index is 12.3. The van der Waals surface area contributed by atoms with E-state index in [2.05, 4.69) is 32.6 Å². The van der Waals surface area contributed by atoms with Gasteiger partial charge in [-0.15, -0.1) is 5.10 Å². The maximum absolute atomic E-state index is 12.3. The molecule has 0 unspecified atom stereocenters. The van der Waals surface area contributed by atoms with Gasteiger partial charge in [0.25, 0.3) is 0 Å². The molecule has 1 saturated heterocycles. The topological polar surface area (TPSA) is 76.4 Å². The summed E-state index contributed by atoms with van der Waals surface area (Å²) < 4.78 is 6.91. The average molecular weight is 372 g/mol. The maximum Gasteiger partial charge on any atom is 0.244 e. The molecule has 0 aliphatic carbocycles. The van der Waals surface area contributed by atoms with E-state index in [1.807, 2.05) is 19.2 Å². The molecule has 1 amide bonds. The van der Waals surface area contributed by atoms with E-state index < -0.39 is 0 Å². The fourth-order valence-electron chi connectivity index (χ4n) is 3.69. The summed E-state index contributed by atoms with van der Waals surface area (Å²) in [5.41, 5.74) is 1.25. The third-order valence-electron chi connectivity index (χ3n) is 5.14. The van der Waals surface area contributed by atoms with Crippen LogP contribution in [-0.2, 0) is 17.8 Å². The van der Waals surface area contributed by atoms with Crippen LogP contribution >= 0.6 is 0 Å². The highest BCUT2D eigenvalue weighted by molar-refractivity contribution is 5.75. The molecule has 0 spiro atoms. The van der Waals surface area contributed by atoms with Gasteiger partial charge in [-0.2, -0.15) is 0 Å². The molecule has 1 aliphatic rings. The van der Waals surface area contributed by atoms with Crippen molar-refractivity contribution in [3.8, 4) is 5.75 Å². The lowest BCUT2D eigenvalue weighted by molar-refractivity contribution is -0.131. The Morgan fingerprint density at radius 1 is 1.37 bits per heavy atom. The second-order valence-electron chi connectivity index (χ2n) is 7.15. The number of tetrazole rings is 1. The van der Waals surface area contributed by atoms with Gasteiger partial charge >= 0.3 is 0 Å². The molecular weight excluding hydrogens is 344 g/mol. The molecule has 3 rings (SSSR count). The molecule has 2 heterocycles. The summed E-state index contributed by atoms with van der Waals surface area (Å²) in [4.78, 5) is 16.6. The predicted molar refractivity (Wildman–Crippen MR) is 101 cm³/mol. The van der Waals surface area contributed by atoms with E-state index in [0.717, 1.165) is 44.8 Å². The van der Waals surface area contributed by atoms with Crippen LogP contribution < -0.4 is 4.74 Å². The average Bonchev–Trinajstić information content (AvgIpc) is 3.20. The van der Waals surface area contributed by atoms with Crippen molar-refractivity contribution in [3.63, 3.8) is 0 Å². The molecular formula is C19H28N6O2. The van der Waals surface area contributed by atoms with Gasteiger partial charge in [-0.1, -0.05) is 18.2 Å². The van der Waals surface area contributed by atoms with Crippen LogP contribution in [-0.4, -0.2) is 76.3 Å². The zero-order valence-electron chi connectivity index (χ0n) is 16.1. The minimum Gasteiger partial charge on any atom is -0.496 e. The van der Waals surface area contributed by atoms with Crippen molar-refractivity contribution in [2.45, 2.75) is 25.8 Å². The van der Waals surface area contributed by atoms with Crippen molar-refractivity contribution >= 4 is 5.91 Å². The van der Waals surface area contributed by atoms with Crippen molar-refractivity contribution in [2.24, 2.45) is 5.92 Å². The van der Waals surface area contributed by atoms with Gasteiger partial charge in [-0.05, 0) is 53.8 Å². The Bertz CT molecular complexity index is 721. The lowest BCUT2D eigenvalue weighted by Gasteiger charge is -2.34. The summed E-state index contributed by atoms with van der Waals surface area (Å²) in [6.45, 7) is 4.12. The summed E-state index contributed by atoms with van der Waals surface area (Å²) in [6.07, 6.45) is 4.77. The van der Waals surface area contributed by atoms with Gasteiger partial charge < -0.3 is 14.5 Å². The Labute approximate surface area is 160 Å². The number of ether oxygens (including phenoxy) is 1. The van der Waals surface area contributed by atoms with E-state index in [4.69, 9.17) is 4.74 Å². The van der Waals surface area contributed by atoms with E-state index in [-0.39, 0.29) is 12.5 Å². The minimum absolute atomic E-state index is 0.0356. The van der Waals surface area contributed by atoms with Crippen LogP contribution in [0.4, 0.5) is 0 Å². The lowest BCUT2D eigenvalue weighted by Crippen LogP contribution is -2.43. The number of hydrogen-bond donors (Lipinski definition) is 0. The molecule has 8 heteroatoms. The molecule has 0 radical (unpaired) electrons. The highest BCUT2D eigenvalue weighted by Gasteiger charge is 2.23. The number of aromatic nitrogens is 4. The number of piperidine rings is 1. The number of nitrogens with zero attached hydrogens (tertiary/aromatic N) is 6. The first-order chi connectivity index (χ1) is 13.2. The van der Waals surface area contributed by atoms with E-state index in [1.54, 1.807) is 12.0 Å². The first-order valence-corrected chi connectivity index (χ1v) is 9.44. The normalized spacial score (nSPS) is 17.6. The Balaban J connectivity index is 1.46. The van der Waals surface area contributed by atoms with E-state index >= 15 is 0 Å². The van der Waals surface area contributed by atoms with Crippen LogP contribution in [0.25, 0.3) is 0 Å². The Morgan fingerprint density at radius 2 is 2.22 bits per heavy atom. The minimum atomic E-state index is 0.0356. The monoisotopic (exact) mass is 372 g/mol. The molecule has 0 bridgehead atoms. The number of rotatable bonds is 8. The van der Waals surface area contributed by atoms with Gasteiger partial charge in [-0.3, -0.25) is 4.79 Å². The standard InChI is InChI=1S/C19H28N6O2/c1-23(19(26)14-25-15-20-21-22-25)12-16-6-5-10-24(13-16)11-9-17-7-3-4-8-18(17)27-2/h3-4,7-8,15-16H,5-6,9-14H2,1-2H3/t16-/m0/s1. The molecule has 8 nitrogen and oxygen atoms in total. The van der Waals surface area contributed by atoms with Crippen LogP contribution in [0.5, 0.6) is 5.75 Å². The fourth-order valence-corrected chi connectivity index (χ4v) is 3.69. The van der Waals surface area contributed by atoms with E-state index in [9.17, 15) is 4.79 Å². The predicted octanol–water partition coefficient (Wildman–Crippen LogP) is 1.09. The van der Waals surface area contributed by atoms with Gasteiger partial charge in [0, 0.05) is 26.7 Å². The molecule has 0 saturated carbocycles. The molecule has 1 aromatic carbocycles. The number of benzene rings is 1. The van der Waals surface area contributed by atoms with Crippen LogP contribution in [0.1, 0.15) is 18.4 Å². The van der Waals surface area contributed by atoms with Crippen LogP contribution in [0, 0.1) is 5.92 Å². The van der Waals surface area contributed by atoms with Crippen molar-refractivity contribution in [3.05, 3.63) is 36.2 Å². The molecule has 0 N–H and O–H groups in total. The molecule has 1 atom stereocenters. The molecule has 1 fully saturated rings. The molecule has 2 aromatic rings. The van der Waals surface area contributed by atoms with Crippen LogP contribution in [0.3, 0.4) is 0 Å². The Hall–Kier alpha value is -2.48. The third-order valence-corrected chi connectivity index (χ3v) is 5.14. The van der Waals surface area contributed by atoms with Crippen LogP contribution in [0.15, 0.2) is 30.6 Å². The number of likely N-dealkylation sites (N-methyl/N-ethyl adjacent to an activating group) is 1. The molecule has 27 heavy (non-hydrogen) atoms. The van der Waals surface area contributed by atoms with Crippen molar-refractivity contribution < 1.29 is 9.53 Å². The summed E-state index contributed by atoms with van der Waals surface area (Å²) in [5.74, 6) is 1.49. The number of likely N-dealkylation sites (tertiary alicyclic amines) is 1. The van der Waals surface area contributed by atoms with E-state index in [1.165, 1.54) is 23.0 Å². The number of carbonyl (C=O) groups excluding carboxylic acids is 1. The largest absolute Gasteiger partial charge is 0.496 e. The van der Waals surface area contributed by atoms with Gasteiger partial charge in [0.1, 0.15) is 18.6 Å². The van der Waals surface area contributed by atoms with E-state index in [0.29, 0.717) is 5.92 Å². The summed E-state index contributed by atoms with van der Waals surface area (Å²) in [5, 5.41) is 10.9. The molecule has 1 aromatic heterocycles. The Kier molecular flexibility index (Phi) is 6.75. The van der Waals surface area contributed by atoms with Gasteiger partial charge in [0.15, 0.2) is 0 Å². The zero-order chi connectivity index (χ0) is 19.1. The number of hydrogen-bond acceptors (Lipinski definition) is 6. The van der Waals surface area contributed by atoms with Crippen molar-refractivity contribution in [1.29, 1.82) is 0 Å². The summed E-state index contributed by atoms with van der Waals surface area (Å²) >= 11 is 0. The number of carbonyl (C=O) groups is 1. The third kappa shape index (κ3) is 5.50. The van der Waals surface area contributed by atoms with Gasteiger partial charge in [-0.25, -0.2) is 4.68 Å². The quantitative estimate of drug-likeness (QED) is 0.691. The summed E-state index contributed by atoms with van der Waals surface area (Å²) in [7, 11) is 3.58. The second-order valence-corrected chi connectivity index (χ2v) is 7.15. The Morgan fingerprint density at radius 3 is 3.00 bits per heavy atom. The van der Waals surface area contributed by atoms with Crippen LogP contribution in [0.2, 0.25) is 0 Å². The first kappa shape index (κ1) is 19.3. The molecule has 1 aliphatic heterocycles. The van der Waals surface area contributed by atoms with Gasteiger partial charge in [0.05, 0.1) is 7.11 Å². The lowest BCUT2D eigenvalue weighted by atomic mass is 9.97. The first-order valence-electron chi connectivity index (χ1n) is 9.44. The zero-order valence-corrected chi connectivity index (χ0v) is 16.1. The summed E-state index contributed by atoms with van der Waals surface area (Å²) in [6, 6.07) is 8.20.